The van der Waals surface area contributed by atoms with Crippen LogP contribution in [-0.2, 0) is 6.42 Å². The zero-order valence-corrected chi connectivity index (χ0v) is 18.1. The van der Waals surface area contributed by atoms with Crippen molar-refractivity contribution < 1.29 is 0 Å². The van der Waals surface area contributed by atoms with Crippen molar-refractivity contribution in [2.45, 2.75) is 32.7 Å². The molecule has 0 spiro atoms. The molecule has 0 bridgehead atoms. The van der Waals surface area contributed by atoms with Crippen molar-refractivity contribution >= 4 is 28.6 Å². The Kier molecular flexibility index (Phi) is 5.03. The molecule has 154 valence electrons. The number of rotatable bonds is 6. The lowest BCUT2D eigenvalue weighted by Gasteiger charge is -2.20. The SMILES string of the molecule is C=Cc1ccc(C(CC(C)C)n2cc3cc(C4=Cc5ccccc5C4)ccc3n2)cn1. The standard InChI is InChI=1S/C28H27N3/c1-4-26-11-9-23(17-29-26)28(13-19(2)3)31-18-25-16-22(10-12-27(25)30-31)24-14-20-7-5-6-8-21(20)15-24/h4-12,14,16-19,28H,1,13,15H2,2-3H3. The number of allylic oxidation sites excluding steroid dienone is 1. The summed E-state index contributed by atoms with van der Waals surface area (Å²) >= 11 is 0. The average molecular weight is 406 g/mol. The normalized spacial score (nSPS) is 14.0. The molecule has 0 saturated heterocycles. The quantitative estimate of drug-likeness (QED) is 0.353. The molecular weight excluding hydrogens is 378 g/mol. The summed E-state index contributed by atoms with van der Waals surface area (Å²) in [5.74, 6) is 0.550. The van der Waals surface area contributed by atoms with Crippen molar-refractivity contribution in [1.29, 1.82) is 0 Å². The van der Waals surface area contributed by atoms with Crippen LogP contribution in [0.4, 0.5) is 0 Å². The van der Waals surface area contributed by atoms with Gasteiger partial charge in [-0.05, 0) is 70.9 Å². The molecule has 1 atom stereocenters. The molecule has 0 saturated carbocycles. The number of aromatic nitrogens is 3. The maximum Gasteiger partial charge on any atom is 0.0923 e. The fourth-order valence-electron chi connectivity index (χ4n) is 4.45. The molecule has 1 aliphatic rings. The fourth-order valence-corrected chi connectivity index (χ4v) is 4.45. The average Bonchev–Trinajstić information content (AvgIpc) is 3.41. The summed E-state index contributed by atoms with van der Waals surface area (Å²) in [6.45, 7) is 8.32. The van der Waals surface area contributed by atoms with Gasteiger partial charge in [0.15, 0.2) is 0 Å². The molecule has 4 aromatic rings. The molecule has 2 heterocycles. The number of nitrogens with zero attached hydrogens (tertiary/aromatic N) is 3. The number of benzene rings is 2. The minimum absolute atomic E-state index is 0.164. The lowest BCUT2D eigenvalue weighted by Crippen LogP contribution is -2.14. The Bertz CT molecular complexity index is 1280. The zero-order valence-electron chi connectivity index (χ0n) is 18.1. The second kappa shape index (κ2) is 7.99. The number of hydrogen-bond acceptors (Lipinski definition) is 2. The van der Waals surface area contributed by atoms with Crippen LogP contribution in [-0.4, -0.2) is 14.8 Å². The first-order valence-corrected chi connectivity index (χ1v) is 11.0. The lowest BCUT2D eigenvalue weighted by molar-refractivity contribution is 0.423. The van der Waals surface area contributed by atoms with Gasteiger partial charge in [0.1, 0.15) is 0 Å². The van der Waals surface area contributed by atoms with Gasteiger partial charge in [-0.15, -0.1) is 0 Å². The van der Waals surface area contributed by atoms with Crippen molar-refractivity contribution in [3.8, 4) is 0 Å². The van der Waals surface area contributed by atoms with Gasteiger partial charge < -0.3 is 0 Å². The van der Waals surface area contributed by atoms with E-state index in [4.69, 9.17) is 5.10 Å². The van der Waals surface area contributed by atoms with E-state index in [1.807, 2.05) is 12.3 Å². The maximum absolute atomic E-state index is 4.94. The highest BCUT2D eigenvalue weighted by Gasteiger charge is 2.19. The van der Waals surface area contributed by atoms with Crippen LogP contribution in [0.3, 0.4) is 0 Å². The fraction of sp³-hybridized carbons (Fsp3) is 0.214. The van der Waals surface area contributed by atoms with E-state index in [9.17, 15) is 0 Å². The Labute approximate surface area is 183 Å². The predicted molar refractivity (Wildman–Crippen MR) is 130 cm³/mol. The summed E-state index contributed by atoms with van der Waals surface area (Å²) in [5, 5.41) is 6.12. The van der Waals surface area contributed by atoms with E-state index in [-0.39, 0.29) is 6.04 Å². The molecule has 0 radical (unpaired) electrons. The molecule has 3 heteroatoms. The summed E-state index contributed by atoms with van der Waals surface area (Å²) in [4.78, 5) is 4.52. The molecule has 5 rings (SSSR count). The Balaban J connectivity index is 1.50. The number of pyridine rings is 1. The monoisotopic (exact) mass is 405 g/mol. The highest BCUT2D eigenvalue weighted by atomic mass is 15.3. The molecule has 1 aliphatic carbocycles. The molecule has 0 aliphatic heterocycles. The smallest absolute Gasteiger partial charge is 0.0923 e. The van der Waals surface area contributed by atoms with Gasteiger partial charge in [0.25, 0.3) is 0 Å². The minimum Gasteiger partial charge on any atom is -0.264 e. The van der Waals surface area contributed by atoms with Gasteiger partial charge in [0, 0.05) is 17.8 Å². The van der Waals surface area contributed by atoms with Crippen LogP contribution in [0.5, 0.6) is 0 Å². The molecule has 2 aromatic heterocycles. The van der Waals surface area contributed by atoms with Crippen molar-refractivity contribution in [2.24, 2.45) is 5.92 Å². The highest BCUT2D eigenvalue weighted by molar-refractivity contribution is 5.92. The predicted octanol–water partition coefficient (Wildman–Crippen LogP) is 6.81. The Morgan fingerprint density at radius 3 is 2.71 bits per heavy atom. The van der Waals surface area contributed by atoms with E-state index < -0.39 is 0 Å². The molecule has 0 amide bonds. The van der Waals surface area contributed by atoms with Crippen LogP contribution in [0, 0.1) is 5.92 Å². The van der Waals surface area contributed by atoms with Crippen molar-refractivity contribution in [1.82, 2.24) is 14.8 Å². The van der Waals surface area contributed by atoms with Crippen molar-refractivity contribution in [2.75, 3.05) is 0 Å². The minimum atomic E-state index is 0.164. The van der Waals surface area contributed by atoms with E-state index in [1.54, 1.807) is 6.08 Å². The van der Waals surface area contributed by atoms with Crippen LogP contribution < -0.4 is 0 Å². The number of hydrogen-bond donors (Lipinski definition) is 0. The second-order valence-corrected chi connectivity index (χ2v) is 8.79. The van der Waals surface area contributed by atoms with E-state index in [1.165, 1.54) is 33.2 Å². The summed E-state index contributed by atoms with van der Waals surface area (Å²) < 4.78 is 2.12. The third kappa shape index (κ3) is 3.84. The van der Waals surface area contributed by atoms with Gasteiger partial charge in [0.2, 0.25) is 0 Å². The van der Waals surface area contributed by atoms with Crippen LogP contribution >= 0.6 is 0 Å². The third-order valence-electron chi connectivity index (χ3n) is 6.08. The molecule has 2 aromatic carbocycles. The van der Waals surface area contributed by atoms with E-state index >= 15 is 0 Å². The summed E-state index contributed by atoms with van der Waals surface area (Å²) in [5.41, 5.74) is 8.50. The van der Waals surface area contributed by atoms with Gasteiger partial charge in [0.05, 0.1) is 17.3 Å². The van der Waals surface area contributed by atoms with Crippen LogP contribution in [0.1, 0.15) is 54.3 Å². The Hall–Kier alpha value is -3.46. The number of fused-ring (bicyclic) bond motifs is 2. The summed E-state index contributed by atoms with van der Waals surface area (Å²) in [6.07, 6.45) is 10.2. The maximum atomic E-state index is 4.94. The van der Waals surface area contributed by atoms with Crippen LogP contribution in [0.15, 0.2) is 73.6 Å². The Morgan fingerprint density at radius 1 is 1.10 bits per heavy atom. The zero-order chi connectivity index (χ0) is 21.4. The van der Waals surface area contributed by atoms with Gasteiger partial charge in [-0.3, -0.25) is 9.67 Å². The first-order valence-electron chi connectivity index (χ1n) is 11.0. The van der Waals surface area contributed by atoms with E-state index in [2.05, 4.69) is 90.9 Å². The third-order valence-corrected chi connectivity index (χ3v) is 6.08. The molecule has 0 fully saturated rings. The first-order chi connectivity index (χ1) is 15.1. The second-order valence-electron chi connectivity index (χ2n) is 8.79. The molecular formula is C28H27N3. The van der Waals surface area contributed by atoms with Gasteiger partial charge in [-0.1, -0.05) is 62.9 Å². The van der Waals surface area contributed by atoms with Gasteiger partial charge >= 0.3 is 0 Å². The van der Waals surface area contributed by atoms with Crippen molar-refractivity contribution in [3.63, 3.8) is 0 Å². The first kappa shape index (κ1) is 19.5. The van der Waals surface area contributed by atoms with Crippen LogP contribution in [0.25, 0.3) is 28.6 Å². The van der Waals surface area contributed by atoms with E-state index in [0.29, 0.717) is 5.92 Å². The van der Waals surface area contributed by atoms with E-state index in [0.717, 1.165) is 24.1 Å². The molecule has 3 nitrogen and oxygen atoms in total. The van der Waals surface area contributed by atoms with Gasteiger partial charge in [-0.2, -0.15) is 5.10 Å². The lowest BCUT2D eigenvalue weighted by atomic mass is 9.98. The molecule has 0 N–H and O–H groups in total. The summed E-state index contributed by atoms with van der Waals surface area (Å²) in [7, 11) is 0. The van der Waals surface area contributed by atoms with Crippen molar-refractivity contribution in [3.05, 3.63) is 102 Å². The Morgan fingerprint density at radius 2 is 1.97 bits per heavy atom. The molecule has 1 unspecified atom stereocenters. The summed E-state index contributed by atoms with van der Waals surface area (Å²) in [6, 6.07) is 19.6. The van der Waals surface area contributed by atoms with Crippen LogP contribution in [0.2, 0.25) is 0 Å². The largest absolute Gasteiger partial charge is 0.264 e. The topological polar surface area (TPSA) is 30.7 Å². The highest BCUT2D eigenvalue weighted by Crippen LogP contribution is 2.33. The van der Waals surface area contributed by atoms with Gasteiger partial charge in [-0.25, -0.2) is 0 Å². The molecule has 31 heavy (non-hydrogen) atoms.